The minimum Gasteiger partial charge on any atom is -0.298 e. The van der Waals surface area contributed by atoms with Crippen LogP contribution in [-0.4, -0.2) is 24.3 Å². The second-order valence-electron chi connectivity index (χ2n) is 3.69. The molecule has 0 bridgehead atoms. The van der Waals surface area contributed by atoms with E-state index in [1.807, 2.05) is 0 Å². The van der Waals surface area contributed by atoms with Crippen molar-refractivity contribution in [2.24, 2.45) is 0 Å². The molecule has 7 nitrogen and oxygen atoms in total. The molecule has 0 fully saturated rings. The maximum Gasteiger partial charge on any atom is 0.334 e. The Morgan fingerprint density at radius 1 is 1.26 bits per heavy atom. The molecule has 0 atom stereocenters. The number of halogens is 1. The fourth-order valence-electron chi connectivity index (χ4n) is 1.85. The molecule has 0 aliphatic carbocycles. The summed E-state index contributed by atoms with van der Waals surface area (Å²) in [5.74, 6) is 0. The number of imidazole rings is 1. The lowest BCUT2D eigenvalue weighted by atomic mass is 10.2. The second kappa shape index (κ2) is 4.29. The molecule has 3 aromatic heterocycles. The van der Waals surface area contributed by atoms with Gasteiger partial charge in [-0.2, -0.15) is 0 Å². The first-order valence-electron chi connectivity index (χ1n) is 5.26. The maximum atomic E-state index is 11.1. The molecule has 0 saturated carbocycles. The van der Waals surface area contributed by atoms with Gasteiger partial charge in [-0.15, -0.1) is 0 Å². The van der Waals surface area contributed by atoms with E-state index in [2.05, 4.69) is 15.0 Å². The molecule has 19 heavy (non-hydrogen) atoms. The van der Waals surface area contributed by atoms with Gasteiger partial charge in [-0.05, 0) is 12.1 Å². The van der Waals surface area contributed by atoms with Crippen LogP contribution in [0.3, 0.4) is 0 Å². The highest BCUT2D eigenvalue weighted by atomic mass is 35.5. The minimum absolute atomic E-state index is 0.161. The number of hydrogen-bond donors (Lipinski definition) is 0. The maximum absolute atomic E-state index is 11.1. The predicted octanol–water partition coefficient (Wildman–Crippen LogP) is 2.35. The molecular weight excluding hydrogens is 270 g/mol. The third-order valence-corrected chi connectivity index (χ3v) is 2.91. The largest absolute Gasteiger partial charge is 0.334 e. The van der Waals surface area contributed by atoms with Crippen LogP contribution in [0, 0.1) is 10.1 Å². The van der Waals surface area contributed by atoms with Gasteiger partial charge in [0.2, 0.25) is 5.15 Å². The Bertz CT molecular complexity index is 786. The summed E-state index contributed by atoms with van der Waals surface area (Å²) in [6.45, 7) is 0. The molecule has 0 radical (unpaired) electrons. The van der Waals surface area contributed by atoms with Crippen molar-refractivity contribution < 1.29 is 4.92 Å². The van der Waals surface area contributed by atoms with E-state index in [4.69, 9.17) is 11.6 Å². The molecule has 3 heterocycles. The molecule has 0 saturated heterocycles. The Kier molecular flexibility index (Phi) is 2.60. The average molecular weight is 276 g/mol. The molecule has 3 aromatic rings. The van der Waals surface area contributed by atoms with Crippen molar-refractivity contribution >= 4 is 22.9 Å². The molecule has 0 N–H and O–H groups in total. The summed E-state index contributed by atoms with van der Waals surface area (Å²) >= 11 is 5.78. The van der Waals surface area contributed by atoms with Crippen LogP contribution < -0.4 is 0 Å². The van der Waals surface area contributed by atoms with Crippen molar-refractivity contribution in [1.29, 1.82) is 0 Å². The van der Waals surface area contributed by atoms with Gasteiger partial charge in [0.25, 0.3) is 0 Å². The van der Waals surface area contributed by atoms with Crippen LogP contribution in [0.4, 0.5) is 5.69 Å². The lowest BCUT2D eigenvalue weighted by Crippen LogP contribution is -2.00. The van der Waals surface area contributed by atoms with E-state index in [0.717, 1.165) is 0 Å². The van der Waals surface area contributed by atoms with Crippen LogP contribution in [0.1, 0.15) is 0 Å². The number of nitro groups is 1. The fraction of sp³-hybridized carbons (Fsp3) is 0. The molecule has 3 rings (SSSR count). The van der Waals surface area contributed by atoms with Gasteiger partial charge >= 0.3 is 5.69 Å². The van der Waals surface area contributed by atoms with E-state index in [9.17, 15) is 10.1 Å². The highest BCUT2D eigenvalue weighted by Crippen LogP contribution is 2.32. The highest BCUT2D eigenvalue weighted by molar-refractivity contribution is 6.31. The molecule has 0 spiro atoms. The zero-order valence-corrected chi connectivity index (χ0v) is 10.2. The average Bonchev–Trinajstić information content (AvgIpc) is 2.85. The number of nitrogens with zero attached hydrogens (tertiary/aromatic N) is 5. The summed E-state index contributed by atoms with van der Waals surface area (Å²) in [4.78, 5) is 22.3. The van der Waals surface area contributed by atoms with Gasteiger partial charge in [0.05, 0.1) is 10.6 Å². The molecule has 0 aliphatic rings. The molecule has 8 heteroatoms. The minimum atomic E-state index is -0.590. The number of aromatic nitrogens is 4. The Hall–Kier alpha value is -2.54. The van der Waals surface area contributed by atoms with Gasteiger partial charge in [0.15, 0.2) is 5.69 Å². The van der Waals surface area contributed by atoms with Gasteiger partial charge in [-0.1, -0.05) is 17.7 Å². The molecule has 94 valence electrons. The first-order valence-corrected chi connectivity index (χ1v) is 5.63. The van der Waals surface area contributed by atoms with E-state index in [1.54, 1.807) is 35.0 Å². The molecule has 0 aliphatic heterocycles. The van der Waals surface area contributed by atoms with Gasteiger partial charge in [-0.25, -0.2) is 15.0 Å². The molecule has 0 amide bonds. The van der Waals surface area contributed by atoms with Gasteiger partial charge in [-0.3, -0.25) is 14.5 Å². The monoisotopic (exact) mass is 275 g/mol. The van der Waals surface area contributed by atoms with Crippen molar-refractivity contribution in [3.05, 3.63) is 52.2 Å². The van der Waals surface area contributed by atoms with Crippen LogP contribution in [0.5, 0.6) is 0 Å². The topological polar surface area (TPSA) is 86.2 Å². The third-order valence-electron chi connectivity index (χ3n) is 2.63. The summed E-state index contributed by atoms with van der Waals surface area (Å²) in [5.41, 5.74) is 1.05. The van der Waals surface area contributed by atoms with Crippen LogP contribution in [0.2, 0.25) is 5.15 Å². The van der Waals surface area contributed by atoms with Gasteiger partial charge in [0, 0.05) is 12.4 Å². The summed E-state index contributed by atoms with van der Waals surface area (Å²) in [5, 5.41) is 10.9. The van der Waals surface area contributed by atoms with Crippen molar-refractivity contribution in [1.82, 2.24) is 19.4 Å². The number of pyridine rings is 1. The van der Waals surface area contributed by atoms with Crippen LogP contribution >= 0.6 is 11.6 Å². The Balaban J connectivity index is 2.36. The normalized spacial score (nSPS) is 10.8. The quantitative estimate of drug-likeness (QED) is 0.407. The Morgan fingerprint density at radius 3 is 2.89 bits per heavy atom. The molecule has 0 unspecified atom stereocenters. The molecular formula is C11H6ClN5O2. The standard InChI is InChI=1S/C11H6ClN5O2/c12-11-10(17(18)19)9(14-6-15-11)7-2-1-3-8-13-4-5-16(7)8/h1-6H. The number of hydrogen-bond acceptors (Lipinski definition) is 5. The number of fused-ring (bicyclic) bond motifs is 1. The summed E-state index contributed by atoms with van der Waals surface area (Å²) in [7, 11) is 0. The lowest BCUT2D eigenvalue weighted by Gasteiger charge is -2.05. The Morgan fingerprint density at radius 2 is 2.11 bits per heavy atom. The van der Waals surface area contributed by atoms with Crippen LogP contribution in [-0.2, 0) is 0 Å². The number of rotatable bonds is 2. The van der Waals surface area contributed by atoms with Crippen LogP contribution in [0.15, 0.2) is 36.9 Å². The molecule has 0 aromatic carbocycles. The fourth-order valence-corrected chi connectivity index (χ4v) is 2.05. The smallest absolute Gasteiger partial charge is 0.298 e. The third kappa shape index (κ3) is 1.80. The van der Waals surface area contributed by atoms with E-state index >= 15 is 0 Å². The Labute approximate surface area is 111 Å². The zero-order chi connectivity index (χ0) is 13.4. The SMILES string of the molecule is O=[N+]([O-])c1c(Cl)ncnc1-c1cccc2nccn12. The van der Waals surface area contributed by atoms with E-state index in [1.165, 1.54) is 6.33 Å². The summed E-state index contributed by atoms with van der Waals surface area (Å²) in [6.07, 6.45) is 4.50. The van der Waals surface area contributed by atoms with E-state index < -0.39 is 4.92 Å². The van der Waals surface area contributed by atoms with Crippen molar-refractivity contribution in [2.75, 3.05) is 0 Å². The zero-order valence-electron chi connectivity index (χ0n) is 9.39. The summed E-state index contributed by atoms with van der Waals surface area (Å²) < 4.78 is 1.70. The van der Waals surface area contributed by atoms with E-state index in [-0.39, 0.29) is 16.5 Å². The van der Waals surface area contributed by atoms with Gasteiger partial charge in [0.1, 0.15) is 12.0 Å². The highest BCUT2D eigenvalue weighted by Gasteiger charge is 2.24. The predicted molar refractivity (Wildman–Crippen MR) is 67.9 cm³/mol. The second-order valence-corrected chi connectivity index (χ2v) is 4.04. The van der Waals surface area contributed by atoms with E-state index in [0.29, 0.717) is 11.3 Å². The van der Waals surface area contributed by atoms with Crippen molar-refractivity contribution in [2.45, 2.75) is 0 Å². The van der Waals surface area contributed by atoms with Crippen LogP contribution in [0.25, 0.3) is 17.0 Å². The summed E-state index contributed by atoms with van der Waals surface area (Å²) in [6, 6.07) is 5.25. The van der Waals surface area contributed by atoms with Gasteiger partial charge < -0.3 is 0 Å². The first kappa shape index (κ1) is 11.5. The lowest BCUT2D eigenvalue weighted by molar-refractivity contribution is -0.384. The van der Waals surface area contributed by atoms with Crippen molar-refractivity contribution in [3.8, 4) is 11.4 Å². The first-order chi connectivity index (χ1) is 9.18. The van der Waals surface area contributed by atoms with Crippen molar-refractivity contribution in [3.63, 3.8) is 0 Å².